The van der Waals surface area contributed by atoms with Gasteiger partial charge in [0.25, 0.3) is 0 Å². The molecular weight excluding hydrogens is 150 g/mol. The number of aliphatic hydroxyl groups excluding tert-OH is 1. The largest absolute Gasteiger partial charge is 0.394 e. The minimum absolute atomic E-state index is 0.130. The topological polar surface area (TPSA) is 23.5 Å². The van der Waals surface area contributed by atoms with E-state index in [1.165, 1.54) is 0 Å². The summed E-state index contributed by atoms with van der Waals surface area (Å²) in [5, 5.41) is 9.04. The summed E-state index contributed by atoms with van der Waals surface area (Å²) in [6.07, 6.45) is 0.871. The quantitative estimate of drug-likeness (QED) is 0.637. The van der Waals surface area contributed by atoms with E-state index in [9.17, 15) is 0 Å². The monoisotopic (exact) mass is 169 g/mol. The van der Waals surface area contributed by atoms with Crippen molar-refractivity contribution < 1.29 is 5.11 Å². The molecule has 0 aromatic heterocycles. The van der Waals surface area contributed by atoms with Crippen molar-refractivity contribution >= 4 is 0 Å². The fraction of sp³-hybridized carbons (Fsp3) is 0.800. The molecule has 1 N–H and O–H groups in total. The summed E-state index contributed by atoms with van der Waals surface area (Å²) < 4.78 is 0. The number of aliphatic hydroxyl groups is 1. The van der Waals surface area contributed by atoms with Gasteiger partial charge in [-0.1, -0.05) is 0 Å². The molecule has 0 aliphatic rings. The first-order chi connectivity index (χ1) is 5.54. The van der Waals surface area contributed by atoms with Gasteiger partial charge in [0, 0.05) is 18.5 Å². The summed E-state index contributed by atoms with van der Waals surface area (Å²) in [6, 6.07) is 0. The second-order valence-corrected chi connectivity index (χ2v) is 3.57. The van der Waals surface area contributed by atoms with Crippen molar-refractivity contribution in [2.75, 3.05) is 20.2 Å². The molecule has 0 saturated carbocycles. The summed E-state index contributed by atoms with van der Waals surface area (Å²) >= 11 is 0. The van der Waals surface area contributed by atoms with Crippen molar-refractivity contribution in [3.8, 4) is 11.8 Å². The average Bonchev–Trinajstić information content (AvgIpc) is 2.05. The van der Waals surface area contributed by atoms with E-state index in [0.717, 1.165) is 13.0 Å². The third-order valence-corrected chi connectivity index (χ3v) is 2.17. The van der Waals surface area contributed by atoms with Gasteiger partial charge < -0.3 is 5.11 Å². The number of nitrogens with zero attached hydrogens (tertiary/aromatic N) is 1. The van der Waals surface area contributed by atoms with Crippen molar-refractivity contribution in [2.45, 2.75) is 32.7 Å². The Bertz CT molecular complexity index is 176. The highest BCUT2D eigenvalue weighted by Crippen LogP contribution is 2.10. The number of hydrogen-bond donors (Lipinski definition) is 1. The lowest BCUT2D eigenvalue weighted by molar-refractivity contribution is 0.0810. The number of likely N-dealkylation sites (N-methyl/N-ethyl adjacent to an activating group) is 1. The van der Waals surface area contributed by atoms with Gasteiger partial charge in [-0.2, -0.15) is 0 Å². The maximum atomic E-state index is 9.04. The highest BCUT2D eigenvalue weighted by atomic mass is 16.3. The minimum Gasteiger partial charge on any atom is -0.394 e. The first kappa shape index (κ1) is 11.5. The fourth-order valence-corrected chi connectivity index (χ4v) is 0.772. The van der Waals surface area contributed by atoms with Gasteiger partial charge in [-0.15, -0.1) is 11.8 Å². The van der Waals surface area contributed by atoms with Crippen LogP contribution in [0.3, 0.4) is 0 Å². The Morgan fingerprint density at radius 2 is 2.00 bits per heavy atom. The van der Waals surface area contributed by atoms with Gasteiger partial charge in [-0.3, -0.25) is 4.90 Å². The molecule has 0 fully saturated rings. The zero-order chi connectivity index (χ0) is 9.61. The molecule has 2 nitrogen and oxygen atoms in total. The van der Waals surface area contributed by atoms with E-state index in [-0.39, 0.29) is 12.1 Å². The zero-order valence-corrected chi connectivity index (χ0v) is 8.52. The van der Waals surface area contributed by atoms with Gasteiger partial charge in [0.2, 0.25) is 0 Å². The Balaban J connectivity index is 3.83. The number of hydrogen-bond acceptors (Lipinski definition) is 2. The van der Waals surface area contributed by atoms with Crippen LogP contribution in [-0.4, -0.2) is 35.7 Å². The Morgan fingerprint density at radius 1 is 1.42 bits per heavy atom. The van der Waals surface area contributed by atoms with Crippen LogP contribution in [-0.2, 0) is 0 Å². The summed E-state index contributed by atoms with van der Waals surface area (Å²) in [5.74, 6) is 5.86. The van der Waals surface area contributed by atoms with Gasteiger partial charge >= 0.3 is 0 Å². The lowest BCUT2D eigenvalue weighted by Crippen LogP contribution is -2.44. The molecule has 0 aromatic carbocycles. The SMILES string of the molecule is CC#CCCN(C)C(C)(C)CO. The second-order valence-electron chi connectivity index (χ2n) is 3.57. The molecule has 70 valence electrons. The zero-order valence-electron chi connectivity index (χ0n) is 8.52. The molecule has 0 bridgehead atoms. The molecule has 0 heterocycles. The van der Waals surface area contributed by atoms with E-state index < -0.39 is 0 Å². The van der Waals surface area contributed by atoms with E-state index in [1.54, 1.807) is 0 Å². The van der Waals surface area contributed by atoms with Gasteiger partial charge in [0.05, 0.1) is 6.61 Å². The molecule has 0 spiro atoms. The third-order valence-electron chi connectivity index (χ3n) is 2.17. The van der Waals surface area contributed by atoms with Crippen LogP contribution in [0, 0.1) is 11.8 Å². The predicted molar refractivity (Wildman–Crippen MR) is 51.9 cm³/mol. The van der Waals surface area contributed by atoms with Crippen molar-refractivity contribution in [1.29, 1.82) is 0 Å². The van der Waals surface area contributed by atoms with Crippen molar-refractivity contribution in [3.05, 3.63) is 0 Å². The van der Waals surface area contributed by atoms with E-state index in [4.69, 9.17) is 5.11 Å². The van der Waals surface area contributed by atoms with Gasteiger partial charge in [-0.25, -0.2) is 0 Å². The van der Waals surface area contributed by atoms with E-state index >= 15 is 0 Å². The van der Waals surface area contributed by atoms with Crippen LogP contribution >= 0.6 is 0 Å². The molecule has 0 aliphatic carbocycles. The van der Waals surface area contributed by atoms with E-state index in [2.05, 4.69) is 16.7 Å². The maximum Gasteiger partial charge on any atom is 0.0609 e. The molecule has 0 unspecified atom stereocenters. The molecule has 0 rings (SSSR count). The highest BCUT2D eigenvalue weighted by Gasteiger charge is 2.21. The first-order valence-electron chi connectivity index (χ1n) is 4.26. The Morgan fingerprint density at radius 3 is 2.42 bits per heavy atom. The fourth-order valence-electron chi connectivity index (χ4n) is 0.772. The lowest BCUT2D eigenvalue weighted by atomic mass is 10.1. The average molecular weight is 169 g/mol. The standard InChI is InChI=1S/C10H19NO/c1-5-6-7-8-11(4)10(2,3)9-12/h12H,7-9H2,1-4H3. The first-order valence-corrected chi connectivity index (χ1v) is 4.26. The van der Waals surface area contributed by atoms with Crippen LogP contribution in [0.4, 0.5) is 0 Å². The molecule has 2 heteroatoms. The number of rotatable bonds is 4. The van der Waals surface area contributed by atoms with Crippen molar-refractivity contribution in [3.63, 3.8) is 0 Å². The van der Waals surface area contributed by atoms with Gasteiger partial charge in [0.1, 0.15) is 0 Å². The van der Waals surface area contributed by atoms with Crippen molar-refractivity contribution in [1.82, 2.24) is 4.90 Å². The predicted octanol–water partition coefficient (Wildman–Crippen LogP) is 1.10. The van der Waals surface area contributed by atoms with Crippen LogP contribution in [0.15, 0.2) is 0 Å². The Labute approximate surface area is 75.6 Å². The molecule has 0 radical (unpaired) electrons. The molecule has 0 aromatic rings. The van der Waals surface area contributed by atoms with Gasteiger partial charge in [-0.05, 0) is 27.8 Å². The molecule has 0 amide bonds. The van der Waals surface area contributed by atoms with E-state index in [1.807, 2.05) is 27.8 Å². The normalized spacial score (nSPS) is 11.2. The highest BCUT2D eigenvalue weighted by molar-refractivity contribution is 4.96. The lowest BCUT2D eigenvalue weighted by Gasteiger charge is -2.33. The third kappa shape index (κ3) is 3.75. The smallest absolute Gasteiger partial charge is 0.0609 e. The van der Waals surface area contributed by atoms with Crippen LogP contribution in [0.1, 0.15) is 27.2 Å². The van der Waals surface area contributed by atoms with Gasteiger partial charge in [0.15, 0.2) is 0 Å². The maximum absolute atomic E-state index is 9.04. The molecule has 0 saturated heterocycles. The van der Waals surface area contributed by atoms with Crippen LogP contribution in [0.5, 0.6) is 0 Å². The second kappa shape index (κ2) is 5.18. The summed E-state index contributed by atoms with van der Waals surface area (Å²) in [7, 11) is 2.01. The van der Waals surface area contributed by atoms with Crippen LogP contribution in [0.25, 0.3) is 0 Å². The molecule has 0 atom stereocenters. The summed E-state index contributed by atoms with van der Waals surface area (Å²) in [4.78, 5) is 2.12. The Hall–Kier alpha value is -0.520. The summed E-state index contributed by atoms with van der Waals surface area (Å²) in [5.41, 5.74) is -0.130. The minimum atomic E-state index is -0.130. The molecule has 12 heavy (non-hydrogen) atoms. The van der Waals surface area contributed by atoms with Crippen LogP contribution in [0.2, 0.25) is 0 Å². The molecular formula is C10H19NO. The van der Waals surface area contributed by atoms with Crippen LogP contribution < -0.4 is 0 Å². The molecule has 0 aliphatic heterocycles. The Kier molecular flexibility index (Phi) is 4.96. The van der Waals surface area contributed by atoms with Crippen molar-refractivity contribution in [2.24, 2.45) is 0 Å². The summed E-state index contributed by atoms with van der Waals surface area (Å²) in [6.45, 7) is 6.98. The van der Waals surface area contributed by atoms with E-state index in [0.29, 0.717) is 0 Å².